The lowest BCUT2D eigenvalue weighted by molar-refractivity contribution is 0.382. The van der Waals surface area contributed by atoms with Crippen LogP contribution in [-0.4, -0.2) is 39.2 Å². The van der Waals surface area contributed by atoms with E-state index in [2.05, 4.69) is 53.0 Å². The lowest BCUT2D eigenvalue weighted by Crippen LogP contribution is -2.38. The highest BCUT2D eigenvalue weighted by Crippen LogP contribution is 2.22. The van der Waals surface area contributed by atoms with Gasteiger partial charge in [0, 0.05) is 37.3 Å². The summed E-state index contributed by atoms with van der Waals surface area (Å²) in [5.41, 5.74) is 2.09. The van der Waals surface area contributed by atoms with Crippen LogP contribution in [0.4, 0.5) is 0 Å². The monoisotopic (exact) mass is 522 g/mol. The molecule has 0 amide bonds. The van der Waals surface area contributed by atoms with E-state index in [0.29, 0.717) is 19.0 Å². The van der Waals surface area contributed by atoms with Crippen LogP contribution in [0.25, 0.3) is 5.69 Å². The number of oxazole rings is 1. The zero-order chi connectivity index (χ0) is 20.9. The minimum Gasteiger partial charge on any atom is -0.443 e. The Morgan fingerprint density at radius 3 is 2.57 bits per heavy atom. The van der Waals surface area contributed by atoms with E-state index in [4.69, 9.17) is 4.42 Å². The summed E-state index contributed by atoms with van der Waals surface area (Å²) >= 11 is 0. The number of aromatic nitrogens is 3. The van der Waals surface area contributed by atoms with Gasteiger partial charge in [-0.25, -0.2) is 14.7 Å². The van der Waals surface area contributed by atoms with Crippen molar-refractivity contribution in [2.75, 3.05) is 13.6 Å². The molecule has 1 aromatic carbocycles. The van der Waals surface area contributed by atoms with Crippen molar-refractivity contribution < 1.29 is 4.42 Å². The first kappa shape index (κ1) is 23.9. The highest BCUT2D eigenvalue weighted by atomic mass is 127. The van der Waals surface area contributed by atoms with Crippen molar-refractivity contribution in [3.05, 3.63) is 66.1 Å². The molecule has 0 bridgehead atoms. The van der Waals surface area contributed by atoms with E-state index in [0.717, 1.165) is 29.5 Å². The highest BCUT2D eigenvalue weighted by molar-refractivity contribution is 14.0. The normalized spacial score (nSPS) is 11.8. The minimum absolute atomic E-state index is 0. The first-order valence-corrected chi connectivity index (χ1v) is 9.90. The van der Waals surface area contributed by atoms with Crippen LogP contribution in [-0.2, 0) is 18.5 Å². The van der Waals surface area contributed by atoms with Crippen molar-refractivity contribution in [1.29, 1.82) is 0 Å². The van der Waals surface area contributed by atoms with E-state index >= 15 is 0 Å². The third-order valence-electron chi connectivity index (χ3n) is 4.43. The number of halogens is 1. The Labute approximate surface area is 195 Å². The summed E-state index contributed by atoms with van der Waals surface area (Å²) in [5.74, 6) is 2.29. The number of guanidine groups is 1. The lowest BCUT2D eigenvalue weighted by Gasteiger charge is -2.21. The summed E-state index contributed by atoms with van der Waals surface area (Å²) in [4.78, 5) is 11.1. The molecule has 0 radical (unpaired) electrons. The molecular formula is C22H31IN6O. The second kappa shape index (κ2) is 10.6. The summed E-state index contributed by atoms with van der Waals surface area (Å²) in [6.07, 6.45) is 5.72. The molecule has 3 rings (SSSR count). The maximum Gasteiger partial charge on any atom is 0.216 e. The quantitative estimate of drug-likeness (QED) is 0.296. The molecule has 0 aliphatic rings. The minimum atomic E-state index is -0.0604. The van der Waals surface area contributed by atoms with Gasteiger partial charge < -0.3 is 14.6 Å². The summed E-state index contributed by atoms with van der Waals surface area (Å²) in [6.45, 7) is 10.2. The molecule has 7 nitrogen and oxygen atoms in total. The molecule has 0 atom stereocenters. The van der Waals surface area contributed by atoms with Gasteiger partial charge in [-0.05, 0) is 19.1 Å². The number of hydrogen-bond donors (Lipinski definition) is 1. The van der Waals surface area contributed by atoms with Crippen molar-refractivity contribution in [3.8, 4) is 5.69 Å². The van der Waals surface area contributed by atoms with Crippen molar-refractivity contribution in [1.82, 2.24) is 25.0 Å². The average Bonchev–Trinajstić information content (AvgIpc) is 3.35. The number of rotatable bonds is 6. The standard InChI is InChI=1S/C22H30N6O.HI/c1-6-23-21(25-14-20-24-13-19(29-20)22(2,3)4)27(5)15-17-12-26-28(16-17)18-10-8-7-9-11-18;/h7-13,16H,6,14-15H2,1-5H3,(H,23,25);1H. The zero-order valence-corrected chi connectivity index (χ0v) is 20.6. The van der Waals surface area contributed by atoms with E-state index in [1.165, 1.54) is 0 Å². The van der Waals surface area contributed by atoms with Crippen LogP contribution >= 0.6 is 24.0 Å². The van der Waals surface area contributed by atoms with Crippen LogP contribution in [0.2, 0.25) is 0 Å². The van der Waals surface area contributed by atoms with E-state index in [-0.39, 0.29) is 29.4 Å². The Kier molecular flexibility index (Phi) is 8.45. The topological polar surface area (TPSA) is 71.5 Å². The molecule has 0 fully saturated rings. The number of aliphatic imine (C=N–C) groups is 1. The van der Waals surface area contributed by atoms with Crippen LogP contribution in [0.15, 0.2) is 58.3 Å². The molecule has 30 heavy (non-hydrogen) atoms. The number of hydrogen-bond acceptors (Lipinski definition) is 4. The predicted molar refractivity (Wildman–Crippen MR) is 130 cm³/mol. The van der Waals surface area contributed by atoms with Gasteiger partial charge in [-0.15, -0.1) is 24.0 Å². The van der Waals surface area contributed by atoms with Crippen LogP contribution in [0, 0.1) is 0 Å². The van der Waals surface area contributed by atoms with Crippen LogP contribution in [0.1, 0.15) is 44.9 Å². The first-order valence-electron chi connectivity index (χ1n) is 9.90. The molecule has 1 N–H and O–H groups in total. The summed E-state index contributed by atoms with van der Waals surface area (Å²) < 4.78 is 7.73. The van der Waals surface area contributed by atoms with E-state index in [1.54, 1.807) is 6.20 Å². The Hall–Kier alpha value is -2.36. The van der Waals surface area contributed by atoms with Crippen LogP contribution in [0.3, 0.4) is 0 Å². The van der Waals surface area contributed by atoms with Gasteiger partial charge in [0.05, 0.1) is 18.1 Å². The zero-order valence-electron chi connectivity index (χ0n) is 18.3. The third kappa shape index (κ3) is 6.32. The largest absolute Gasteiger partial charge is 0.443 e. The summed E-state index contributed by atoms with van der Waals surface area (Å²) in [6, 6.07) is 10.1. The SMILES string of the molecule is CCNC(=NCc1ncc(C(C)(C)C)o1)N(C)Cc1cnn(-c2ccccc2)c1.I. The smallest absolute Gasteiger partial charge is 0.216 e. The van der Waals surface area contributed by atoms with Gasteiger partial charge in [0.15, 0.2) is 5.96 Å². The Balaban J connectivity index is 0.00000320. The van der Waals surface area contributed by atoms with Gasteiger partial charge in [-0.2, -0.15) is 5.10 Å². The van der Waals surface area contributed by atoms with Gasteiger partial charge in [-0.1, -0.05) is 39.0 Å². The van der Waals surface area contributed by atoms with Crippen molar-refractivity contribution in [2.24, 2.45) is 4.99 Å². The number of benzene rings is 1. The van der Waals surface area contributed by atoms with E-state index in [1.807, 2.05) is 54.5 Å². The Morgan fingerprint density at radius 1 is 1.20 bits per heavy atom. The maximum absolute atomic E-state index is 5.85. The van der Waals surface area contributed by atoms with Crippen molar-refractivity contribution in [2.45, 2.75) is 46.2 Å². The van der Waals surface area contributed by atoms with Gasteiger partial charge in [-0.3, -0.25) is 0 Å². The fourth-order valence-electron chi connectivity index (χ4n) is 2.85. The first-order chi connectivity index (χ1) is 13.9. The fraction of sp³-hybridized carbons (Fsp3) is 0.409. The molecule has 162 valence electrons. The van der Waals surface area contributed by atoms with E-state index < -0.39 is 0 Å². The number of nitrogens with one attached hydrogen (secondary N) is 1. The maximum atomic E-state index is 5.85. The second-order valence-electron chi connectivity index (χ2n) is 8.02. The number of nitrogens with zero attached hydrogens (tertiary/aromatic N) is 5. The van der Waals surface area contributed by atoms with Crippen molar-refractivity contribution in [3.63, 3.8) is 0 Å². The summed E-state index contributed by atoms with van der Waals surface area (Å²) in [5, 5.41) is 7.80. The molecule has 0 spiro atoms. The second-order valence-corrected chi connectivity index (χ2v) is 8.02. The van der Waals surface area contributed by atoms with Crippen molar-refractivity contribution >= 4 is 29.9 Å². The van der Waals surface area contributed by atoms with Gasteiger partial charge in [0.2, 0.25) is 5.89 Å². The number of para-hydroxylation sites is 1. The third-order valence-corrected chi connectivity index (χ3v) is 4.43. The van der Waals surface area contributed by atoms with Crippen LogP contribution in [0.5, 0.6) is 0 Å². The summed E-state index contributed by atoms with van der Waals surface area (Å²) in [7, 11) is 2.01. The fourth-order valence-corrected chi connectivity index (χ4v) is 2.85. The molecule has 3 aromatic rings. The van der Waals surface area contributed by atoms with E-state index in [9.17, 15) is 0 Å². The average molecular weight is 522 g/mol. The Bertz CT molecular complexity index is 942. The van der Waals surface area contributed by atoms with Gasteiger partial charge in [0.1, 0.15) is 12.3 Å². The predicted octanol–water partition coefficient (Wildman–Crippen LogP) is 4.37. The highest BCUT2D eigenvalue weighted by Gasteiger charge is 2.19. The molecule has 0 saturated heterocycles. The molecule has 0 aliphatic heterocycles. The molecule has 0 saturated carbocycles. The molecule has 0 unspecified atom stereocenters. The lowest BCUT2D eigenvalue weighted by atomic mass is 9.94. The molecule has 2 heterocycles. The molecular weight excluding hydrogens is 491 g/mol. The molecule has 2 aromatic heterocycles. The van der Waals surface area contributed by atoms with Gasteiger partial charge >= 0.3 is 0 Å². The Morgan fingerprint density at radius 2 is 1.93 bits per heavy atom. The van der Waals surface area contributed by atoms with Crippen LogP contribution < -0.4 is 5.32 Å². The molecule has 0 aliphatic carbocycles. The molecule has 8 heteroatoms. The van der Waals surface area contributed by atoms with Gasteiger partial charge in [0.25, 0.3) is 0 Å².